The van der Waals surface area contributed by atoms with Gasteiger partial charge in [0.25, 0.3) is 5.17 Å². The summed E-state index contributed by atoms with van der Waals surface area (Å²) in [6.07, 6.45) is 1.48. The van der Waals surface area contributed by atoms with Crippen LogP contribution in [0.5, 0.6) is 0 Å². The largest absolute Gasteiger partial charge is 0.473 e. The number of hydrazone groups is 2. The Balaban J connectivity index is 3.95. The van der Waals surface area contributed by atoms with E-state index in [9.17, 15) is 0 Å². The number of hydrogen-bond acceptors (Lipinski definition) is 5. The number of methoxy groups -OCH3 is 1. The van der Waals surface area contributed by atoms with Crippen molar-refractivity contribution in [2.75, 3.05) is 14.2 Å². The SMILES string of the molecule is CNC(=S)N/N=C(C)/C=N/NC(=S)OC. The Labute approximate surface area is 99.1 Å². The summed E-state index contributed by atoms with van der Waals surface area (Å²) < 4.78 is 4.67. The lowest BCUT2D eigenvalue weighted by atomic mass is 10.5. The summed E-state index contributed by atoms with van der Waals surface area (Å²) in [4.78, 5) is 0. The molecule has 0 unspecified atom stereocenters. The highest BCUT2D eigenvalue weighted by Crippen LogP contribution is 1.74. The van der Waals surface area contributed by atoms with Crippen LogP contribution < -0.4 is 16.2 Å². The summed E-state index contributed by atoms with van der Waals surface area (Å²) in [5, 5.41) is 11.0. The van der Waals surface area contributed by atoms with Gasteiger partial charge in [0, 0.05) is 7.05 Å². The smallest absolute Gasteiger partial charge is 0.277 e. The number of rotatable bonds is 3. The van der Waals surface area contributed by atoms with Gasteiger partial charge in [-0.15, -0.1) is 0 Å². The molecule has 0 aliphatic heterocycles. The van der Waals surface area contributed by atoms with Gasteiger partial charge in [0.1, 0.15) is 0 Å². The van der Waals surface area contributed by atoms with Gasteiger partial charge < -0.3 is 10.1 Å². The lowest BCUT2D eigenvalue weighted by Gasteiger charge is -2.01. The van der Waals surface area contributed by atoms with Crippen LogP contribution in [0.3, 0.4) is 0 Å². The van der Waals surface area contributed by atoms with Crippen molar-refractivity contribution in [1.29, 1.82) is 0 Å². The Kier molecular flexibility index (Phi) is 7.38. The first kappa shape index (κ1) is 13.7. The third-order valence-corrected chi connectivity index (χ3v) is 1.71. The highest BCUT2D eigenvalue weighted by molar-refractivity contribution is 7.80. The van der Waals surface area contributed by atoms with Crippen LogP contribution in [-0.4, -0.2) is 36.4 Å². The average Bonchev–Trinajstić information content (AvgIpc) is 2.25. The van der Waals surface area contributed by atoms with E-state index in [4.69, 9.17) is 24.4 Å². The first-order valence-electron chi connectivity index (χ1n) is 3.99. The molecule has 0 aromatic rings. The molecule has 0 aromatic carbocycles. The molecule has 6 nitrogen and oxygen atoms in total. The fourth-order valence-electron chi connectivity index (χ4n) is 0.448. The lowest BCUT2D eigenvalue weighted by Crippen LogP contribution is -2.29. The number of ether oxygens (including phenoxy) is 1. The second-order valence-electron chi connectivity index (χ2n) is 2.31. The Morgan fingerprint density at radius 2 is 2.00 bits per heavy atom. The van der Waals surface area contributed by atoms with Crippen LogP contribution in [0.2, 0.25) is 0 Å². The Morgan fingerprint density at radius 1 is 1.33 bits per heavy atom. The van der Waals surface area contributed by atoms with E-state index >= 15 is 0 Å². The van der Waals surface area contributed by atoms with Crippen molar-refractivity contribution in [3.05, 3.63) is 0 Å². The maximum atomic E-state index is 4.82. The van der Waals surface area contributed by atoms with E-state index in [0.717, 1.165) is 0 Å². The molecule has 0 saturated carbocycles. The van der Waals surface area contributed by atoms with Gasteiger partial charge in [-0.1, -0.05) is 0 Å². The van der Waals surface area contributed by atoms with E-state index in [1.807, 2.05) is 0 Å². The molecule has 0 radical (unpaired) electrons. The van der Waals surface area contributed by atoms with Gasteiger partial charge in [-0.05, 0) is 31.4 Å². The minimum absolute atomic E-state index is 0.192. The molecular formula is C7H13N5OS2. The highest BCUT2D eigenvalue weighted by Gasteiger charge is 1.89. The topological polar surface area (TPSA) is 70.0 Å². The van der Waals surface area contributed by atoms with Gasteiger partial charge in [0.15, 0.2) is 5.11 Å². The molecule has 8 heteroatoms. The molecule has 15 heavy (non-hydrogen) atoms. The second-order valence-corrected chi connectivity index (χ2v) is 3.08. The van der Waals surface area contributed by atoms with Crippen molar-refractivity contribution in [1.82, 2.24) is 16.2 Å². The van der Waals surface area contributed by atoms with Crippen LogP contribution in [0.1, 0.15) is 6.92 Å². The molecule has 0 amide bonds. The van der Waals surface area contributed by atoms with Crippen LogP contribution in [-0.2, 0) is 4.74 Å². The van der Waals surface area contributed by atoms with Gasteiger partial charge in [0.05, 0.1) is 19.0 Å². The third kappa shape index (κ3) is 7.77. The monoisotopic (exact) mass is 247 g/mol. The highest BCUT2D eigenvalue weighted by atomic mass is 32.1. The van der Waals surface area contributed by atoms with Crippen LogP contribution in [0.4, 0.5) is 0 Å². The molecule has 0 aliphatic carbocycles. The minimum Gasteiger partial charge on any atom is -0.473 e. The predicted molar refractivity (Wildman–Crippen MR) is 69.1 cm³/mol. The Hall–Kier alpha value is -1.28. The minimum atomic E-state index is 0.192. The second kappa shape index (κ2) is 8.06. The zero-order valence-electron chi connectivity index (χ0n) is 8.70. The zero-order chi connectivity index (χ0) is 11.7. The zero-order valence-corrected chi connectivity index (χ0v) is 10.3. The fourth-order valence-corrected chi connectivity index (χ4v) is 0.546. The first-order chi connectivity index (χ1) is 7.10. The van der Waals surface area contributed by atoms with Crippen LogP contribution in [0.25, 0.3) is 0 Å². The molecule has 0 spiro atoms. The van der Waals surface area contributed by atoms with Crippen molar-refractivity contribution in [3.63, 3.8) is 0 Å². The standard InChI is InChI=1S/C7H13N5OS2/c1-5(10-11-6(14)8-2)4-9-12-7(15)13-3/h4H,1-3H3,(H,12,15)(H2,8,11,14)/b9-4+,10-5+. The predicted octanol–water partition coefficient (Wildman–Crippen LogP) is -0.0371. The molecule has 0 aliphatic rings. The molecule has 0 fully saturated rings. The van der Waals surface area contributed by atoms with Gasteiger partial charge in [-0.3, -0.25) is 5.43 Å². The van der Waals surface area contributed by atoms with Crippen LogP contribution >= 0.6 is 24.4 Å². The van der Waals surface area contributed by atoms with Crippen LogP contribution in [0, 0.1) is 0 Å². The number of nitrogens with zero attached hydrogens (tertiary/aromatic N) is 2. The molecule has 3 N–H and O–H groups in total. The summed E-state index contributed by atoms with van der Waals surface area (Å²) in [7, 11) is 3.16. The van der Waals surface area contributed by atoms with Crippen molar-refractivity contribution < 1.29 is 4.74 Å². The summed E-state index contributed by atoms with van der Waals surface area (Å²) >= 11 is 9.52. The van der Waals surface area contributed by atoms with Crippen molar-refractivity contribution in [2.45, 2.75) is 6.92 Å². The van der Waals surface area contributed by atoms with E-state index < -0.39 is 0 Å². The van der Waals surface area contributed by atoms with E-state index in [2.05, 4.69) is 31.1 Å². The maximum Gasteiger partial charge on any atom is 0.277 e. The van der Waals surface area contributed by atoms with E-state index in [1.54, 1.807) is 14.0 Å². The van der Waals surface area contributed by atoms with Gasteiger partial charge in [-0.2, -0.15) is 10.2 Å². The molecule has 0 atom stereocenters. The fraction of sp³-hybridized carbons (Fsp3) is 0.429. The van der Waals surface area contributed by atoms with Crippen molar-refractivity contribution >= 4 is 46.6 Å². The molecule has 84 valence electrons. The van der Waals surface area contributed by atoms with E-state index in [1.165, 1.54) is 13.3 Å². The average molecular weight is 247 g/mol. The number of thiocarbonyl (C=S) groups is 2. The van der Waals surface area contributed by atoms with Crippen LogP contribution in [0.15, 0.2) is 10.2 Å². The quantitative estimate of drug-likeness (QED) is 0.369. The number of hydrogen-bond donors (Lipinski definition) is 3. The number of nitrogens with one attached hydrogen (secondary N) is 3. The summed E-state index contributed by atoms with van der Waals surface area (Å²) in [5.74, 6) is 0. The summed E-state index contributed by atoms with van der Waals surface area (Å²) in [5.41, 5.74) is 5.73. The van der Waals surface area contributed by atoms with Gasteiger partial charge >= 0.3 is 0 Å². The summed E-state index contributed by atoms with van der Waals surface area (Å²) in [6, 6.07) is 0. The van der Waals surface area contributed by atoms with Crippen molar-refractivity contribution in [2.24, 2.45) is 10.2 Å². The van der Waals surface area contributed by atoms with Gasteiger partial charge in [0.2, 0.25) is 0 Å². The van der Waals surface area contributed by atoms with E-state index in [-0.39, 0.29) is 5.17 Å². The normalized spacial score (nSPS) is 11.0. The lowest BCUT2D eigenvalue weighted by molar-refractivity contribution is 0.395. The molecule has 0 rings (SSSR count). The maximum absolute atomic E-state index is 4.82. The Morgan fingerprint density at radius 3 is 2.53 bits per heavy atom. The van der Waals surface area contributed by atoms with Crippen molar-refractivity contribution in [3.8, 4) is 0 Å². The Bertz CT molecular complexity index is 289. The molecule has 0 saturated heterocycles. The molecule has 0 aromatic heterocycles. The molecule has 0 bridgehead atoms. The van der Waals surface area contributed by atoms with Gasteiger partial charge in [-0.25, -0.2) is 5.43 Å². The summed E-state index contributed by atoms with van der Waals surface area (Å²) in [6.45, 7) is 1.76. The molecule has 0 heterocycles. The first-order valence-corrected chi connectivity index (χ1v) is 4.80. The molecular weight excluding hydrogens is 234 g/mol. The van der Waals surface area contributed by atoms with E-state index in [0.29, 0.717) is 10.8 Å². The third-order valence-electron chi connectivity index (χ3n) is 1.15.